The maximum Gasteiger partial charge on any atom is 0.356 e. The maximum atomic E-state index is 11.1. The Balaban J connectivity index is 1.91. The molecule has 98 valence electrons. The summed E-state index contributed by atoms with van der Waals surface area (Å²) in [6, 6.07) is 5.45. The Morgan fingerprint density at radius 3 is 3.00 bits per heavy atom. The third kappa shape index (κ3) is 1.99. The molecule has 1 aliphatic rings. The highest BCUT2D eigenvalue weighted by molar-refractivity contribution is 5.86. The fourth-order valence-corrected chi connectivity index (χ4v) is 1.99. The quantitative estimate of drug-likeness (QED) is 0.889. The van der Waals surface area contributed by atoms with Crippen LogP contribution in [-0.4, -0.2) is 32.9 Å². The number of hydrogen-bond acceptors (Lipinski definition) is 5. The van der Waals surface area contributed by atoms with E-state index >= 15 is 0 Å². The van der Waals surface area contributed by atoms with Crippen molar-refractivity contribution in [1.82, 2.24) is 15.0 Å². The second-order valence-corrected chi connectivity index (χ2v) is 4.17. The molecule has 1 N–H and O–H groups in total. The number of ether oxygens (including phenoxy) is 2. The summed E-state index contributed by atoms with van der Waals surface area (Å²) >= 11 is 0. The summed E-state index contributed by atoms with van der Waals surface area (Å²) in [6.07, 6.45) is 0. The van der Waals surface area contributed by atoms with Crippen molar-refractivity contribution in [2.24, 2.45) is 0 Å². The molecule has 7 heteroatoms. The summed E-state index contributed by atoms with van der Waals surface area (Å²) in [7, 11) is 0. The largest absolute Gasteiger partial charge is 0.476 e. The molecular weight excluding hydrogens is 250 g/mol. The summed E-state index contributed by atoms with van der Waals surface area (Å²) < 4.78 is 11.9. The Hall–Kier alpha value is -2.57. The van der Waals surface area contributed by atoms with Crippen LogP contribution in [0.3, 0.4) is 0 Å². The second kappa shape index (κ2) is 4.27. The maximum absolute atomic E-state index is 11.1. The van der Waals surface area contributed by atoms with E-state index in [0.717, 1.165) is 5.56 Å². The molecule has 0 amide bonds. The Bertz CT molecular complexity index is 650. The van der Waals surface area contributed by atoms with Crippen LogP contribution in [0, 0.1) is 6.92 Å². The van der Waals surface area contributed by atoms with Crippen molar-refractivity contribution in [3.8, 4) is 11.5 Å². The van der Waals surface area contributed by atoms with Crippen molar-refractivity contribution in [2.45, 2.75) is 13.5 Å². The van der Waals surface area contributed by atoms with Crippen molar-refractivity contribution in [2.75, 3.05) is 6.79 Å². The standard InChI is InChI=1S/C12H11N3O4/c1-7-11(12(16)17)15(14-13-7)5-8-2-3-9-10(4-8)19-6-18-9/h2-4H,5-6H2,1H3,(H,16,17). The summed E-state index contributed by atoms with van der Waals surface area (Å²) in [5, 5.41) is 16.7. The topological polar surface area (TPSA) is 86.5 Å². The highest BCUT2D eigenvalue weighted by Gasteiger charge is 2.18. The van der Waals surface area contributed by atoms with Crippen LogP contribution in [0.4, 0.5) is 0 Å². The number of aromatic nitrogens is 3. The molecule has 1 aromatic carbocycles. The SMILES string of the molecule is Cc1nnn(Cc2ccc3c(c2)OCO3)c1C(=O)O. The first-order valence-electron chi connectivity index (χ1n) is 5.67. The number of hydrogen-bond donors (Lipinski definition) is 1. The van der Waals surface area contributed by atoms with Gasteiger partial charge in [-0.1, -0.05) is 11.3 Å². The number of rotatable bonds is 3. The van der Waals surface area contributed by atoms with E-state index in [1.807, 2.05) is 12.1 Å². The summed E-state index contributed by atoms with van der Waals surface area (Å²) in [4.78, 5) is 11.1. The fourth-order valence-electron chi connectivity index (χ4n) is 1.99. The lowest BCUT2D eigenvalue weighted by Gasteiger charge is -2.05. The predicted octanol–water partition coefficient (Wildman–Crippen LogP) is 1.06. The van der Waals surface area contributed by atoms with Crippen LogP contribution in [0.2, 0.25) is 0 Å². The normalized spacial score (nSPS) is 12.7. The molecule has 0 saturated heterocycles. The number of carboxylic acids is 1. The van der Waals surface area contributed by atoms with Crippen molar-refractivity contribution in [3.63, 3.8) is 0 Å². The van der Waals surface area contributed by atoms with Gasteiger partial charge in [-0.15, -0.1) is 5.10 Å². The Morgan fingerprint density at radius 1 is 1.42 bits per heavy atom. The lowest BCUT2D eigenvalue weighted by Crippen LogP contribution is -2.11. The van der Waals surface area contributed by atoms with E-state index in [-0.39, 0.29) is 12.5 Å². The van der Waals surface area contributed by atoms with Gasteiger partial charge in [0.2, 0.25) is 6.79 Å². The highest BCUT2D eigenvalue weighted by Crippen LogP contribution is 2.32. The lowest BCUT2D eigenvalue weighted by molar-refractivity contribution is 0.0683. The summed E-state index contributed by atoms with van der Waals surface area (Å²) in [6.45, 7) is 2.15. The zero-order valence-electron chi connectivity index (χ0n) is 10.2. The molecule has 2 aromatic rings. The minimum absolute atomic E-state index is 0.0951. The lowest BCUT2D eigenvalue weighted by atomic mass is 10.2. The molecule has 3 rings (SSSR count). The van der Waals surface area contributed by atoms with Crippen LogP contribution >= 0.6 is 0 Å². The summed E-state index contributed by atoms with van der Waals surface area (Å²) in [5.74, 6) is 0.312. The van der Waals surface area contributed by atoms with Gasteiger partial charge in [-0.3, -0.25) is 0 Å². The molecule has 19 heavy (non-hydrogen) atoms. The molecule has 0 saturated carbocycles. The van der Waals surface area contributed by atoms with Crippen LogP contribution in [0.25, 0.3) is 0 Å². The van der Waals surface area contributed by atoms with Gasteiger partial charge in [0.25, 0.3) is 0 Å². The van der Waals surface area contributed by atoms with Crippen molar-refractivity contribution >= 4 is 5.97 Å². The fraction of sp³-hybridized carbons (Fsp3) is 0.250. The van der Waals surface area contributed by atoms with Gasteiger partial charge in [0.1, 0.15) is 0 Å². The molecule has 1 aliphatic heterocycles. The molecular formula is C12H11N3O4. The molecule has 0 bridgehead atoms. The Labute approximate surface area is 108 Å². The number of nitrogens with zero attached hydrogens (tertiary/aromatic N) is 3. The van der Waals surface area contributed by atoms with Gasteiger partial charge >= 0.3 is 5.97 Å². The Kier molecular flexibility index (Phi) is 2.59. The van der Waals surface area contributed by atoms with Gasteiger partial charge in [-0.25, -0.2) is 9.48 Å². The van der Waals surface area contributed by atoms with E-state index in [1.165, 1.54) is 4.68 Å². The minimum Gasteiger partial charge on any atom is -0.476 e. The first kappa shape index (κ1) is 11.5. The average Bonchev–Trinajstić information content (AvgIpc) is 2.95. The van der Waals surface area contributed by atoms with Crippen LogP contribution in [0.15, 0.2) is 18.2 Å². The van der Waals surface area contributed by atoms with E-state index in [1.54, 1.807) is 13.0 Å². The van der Waals surface area contributed by atoms with Crippen LogP contribution in [-0.2, 0) is 6.54 Å². The van der Waals surface area contributed by atoms with Gasteiger partial charge in [0.15, 0.2) is 17.2 Å². The van der Waals surface area contributed by atoms with Gasteiger partial charge in [0, 0.05) is 0 Å². The molecule has 0 radical (unpaired) electrons. The number of fused-ring (bicyclic) bond motifs is 1. The minimum atomic E-state index is -1.04. The molecule has 7 nitrogen and oxygen atoms in total. The highest BCUT2D eigenvalue weighted by atomic mass is 16.7. The van der Waals surface area contributed by atoms with Crippen LogP contribution in [0.5, 0.6) is 11.5 Å². The third-order valence-electron chi connectivity index (χ3n) is 2.88. The smallest absolute Gasteiger partial charge is 0.356 e. The number of aromatic carboxylic acids is 1. The van der Waals surface area contributed by atoms with Crippen molar-refractivity contribution in [3.05, 3.63) is 35.2 Å². The summed E-state index contributed by atoms with van der Waals surface area (Å²) in [5.41, 5.74) is 1.36. The first-order chi connectivity index (χ1) is 9.15. The first-order valence-corrected chi connectivity index (χ1v) is 5.67. The Morgan fingerprint density at radius 2 is 2.21 bits per heavy atom. The molecule has 0 aliphatic carbocycles. The molecule has 0 spiro atoms. The predicted molar refractivity (Wildman–Crippen MR) is 63.4 cm³/mol. The van der Waals surface area contributed by atoms with Crippen molar-refractivity contribution in [1.29, 1.82) is 0 Å². The monoisotopic (exact) mass is 261 g/mol. The van der Waals surface area contributed by atoms with Gasteiger partial charge in [-0.05, 0) is 24.6 Å². The van der Waals surface area contributed by atoms with E-state index in [9.17, 15) is 4.79 Å². The number of carboxylic acid groups (broad SMARTS) is 1. The second-order valence-electron chi connectivity index (χ2n) is 4.17. The number of aryl methyl sites for hydroxylation is 1. The molecule has 2 heterocycles. The van der Waals surface area contributed by atoms with E-state index < -0.39 is 5.97 Å². The van der Waals surface area contributed by atoms with Crippen LogP contribution < -0.4 is 9.47 Å². The average molecular weight is 261 g/mol. The number of carbonyl (C=O) groups is 1. The molecule has 0 unspecified atom stereocenters. The van der Waals surface area contributed by atoms with E-state index in [2.05, 4.69) is 10.3 Å². The zero-order chi connectivity index (χ0) is 13.4. The van der Waals surface area contributed by atoms with Gasteiger partial charge in [-0.2, -0.15) is 0 Å². The molecule has 0 fully saturated rings. The van der Waals surface area contributed by atoms with E-state index in [4.69, 9.17) is 14.6 Å². The third-order valence-corrected chi connectivity index (χ3v) is 2.88. The van der Waals surface area contributed by atoms with Crippen molar-refractivity contribution < 1.29 is 19.4 Å². The van der Waals surface area contributed by atoms with Gasteiger partial charge in [0.05, 0.1) is 12.2 Å². The molecule has 1 aromatic heterocycles. The van der Waals surface area contributed by atoms with Crippen LogP contribution in [0.1, 0.15) is 21.7 Å². The number of benzene rings is 1. The zero-order valence-corrected chi connectivity index (χ0v) is 10.2. The molecule has 0 atom stereocenters. The van der Waals surface area contributed by atoms with Gasteiger partial charge < -0.3 is 14.6 Å². The van der Waals surface area contributed by atoms with E-state index in [0.29, 0.717) is 23.7 Å².